The van der Waals surface area contributed by atoms with Gasteiger partial charge in [0.1, 0.15) is 0 Å². The lowest BCUT2D eigenvalue weighted by atomic mass is 10.3. The van der Waals surface area contributed by atoms with E-state index in [-0.39, 0.29) is 0 Å². The number of thiol groups is 1. The first-order chi connectivity index (χ1) is 7.42. The van der Waals surface area contributed by atoms with Gasteiger partial charge in [-0.2, -0.15) is 0 Å². The number of anilines is 2. The van der Waals surface area contributed by atoms with Crippen LogP contribution in [0.5, 0.6) is 0 Å². The van der Waals surface area contributed by atoms with Gasteiger partial charge in [-0.15, -0.1) is 12.2 Å². The predicted molar refractivity (Wildman–Crippen MR) is 72.3 cm³/mol. The number of nitrogens with zero attached hydrogens (tertiary/aromatic N) is 1. The molecule has 1 nitrogen and oxygen atoms in total. The Balaban J connectivity index is 2.34. The molecular weight excluding hydrogens is 221 g/mol. The van der Waals surface area contributed by atoms with Gasteiger partial charge in [-0.3, -0.25) is 0 Å². The van der Waals surface area contributed by atoms with Crippen LogP contribution < -0.4 is 4.67 Å². The van der Waals surface area contributed by atoms with Crippen molar-refractivity contribution in [2.75, 3.05) is 4.67 Å². The second-order valence-corrected chi connectivity index (χ2v) is 4.35. The summed E-state index contributed by atoms with van der Waals surface area (Å²) in [5, 5.41) is 0. The van der Waals surface area contributed by atoms with Gasteiger partial charge < -0.3 is 4.67 Å². The molecule has 0 fully saturated rings. The summed E-state index contributed by atoms with van der Waals surface area (Å²) in [6.45, 7) is 0. The molecule has 0 radical (unpaired) electrons. The van der Waals surface area contributed by atoms with Crippen LogP contribution in [-0.2, 0) is 0 Å². The van der Waals surface area contributed by atoms with Gasteiger partial charge in [-0.25, -0.2) is 0 Å². The van der Waals surface area contributed by atoms with Crippen molar-refractivity contribution in [1.29, 1.82) is 0 Å². The van der Waals surface area contributed by atoms with Crippen molar-refractivity contribution >= 4 is 31.6 Å². The summed E-state index contributed by atoms with van der Waals surface area (Å²) in [6.07, 6.45) is 0. The Labute approximate surface area is 97.1 Å². The maximum Gasteiger partial charge on any atom is 0.0452 e. The van der Waals surface area contributed by atoms with Gasteiger partial charge in [-0.05, 0) is 24.3 Å². The number of para-hydroxylation sites is 2. The molecule has 0 aliphatic rings. The Morgan fingerprint density at radius 2 is 1.13 bits per heavy atom. The summed E-state index contributed by atoms with van der Waals surface area (Å²) in [6, 6.07) is 20.6. The molecule has 1 atom stereocenters. The maximum absolute atomic E-state index is 4.39. The van der Waals surface area contributed by atoms with Crippen LogP contribution in [0.25, 0.3) is 0 Å². The SMILES string of the molecule is SPN(c1ccccc1)c1ccccc1. The van der Waals surface area contributed by atoms with Gasteiger partial charge in [0.2, 0.25) is 0 Å². The van der Waals surface area contributed by atoms with Crippen molar-refractivity contribution in [3.8, 4) is 0 Å². The third kappa shape index (κ3) is 2.53. The Morgan fingerprint density at radius 3 is 1.47 bits per heavy atom. The zero-order chi connectivity index (χ0) is 10.5. The van der Waals surface area contributed by atoms with Gasteiger partial charge in [-0.1, -0.05) is 36.4 Å². The molecule has 76 valence electrons. The minimum Gasteiger partial charge on any atom is -0.314 e. The van der Waals surface area contributed by atoms with Crippen LogP contribution >= 0.6 is 20.2 Å². The number of hydrogen-bond acceptors (Lipinski definition) is 2. The van der Waals surface area contributed by atoms with Gasteiger partial charge in [0.15, 0.2) is 0 Å². The number of rotatable bonds is 3. The average Bonchev–Trinajstić information content (AvgIpc) is 2.33. The van der Waals surface area contributed by atoms with E-state index in [0.29, 0.717) is 7.93 Å². The second kappa shape index (κ2) is 5.20. The first-order valence-electron chi connectivity index (χ1n) is 4.72. The second-order valence-electron chi connectivity index (χ2n) is 3.11. The van der Waals surface area contributed by atoms with Gasteiger partial charge >= 0.3 is 0 Å². The number of benzene rings is 2. The van der Waals surface area contributed by atoms with Crippen LogP contribution in [0.1, 0.15) is 0 Å². The molecule has 2 rings (SSSR count). The molecule has 2 aromatic carbocycles. The third-order valence-corrected chi connectivity index (χ3v) is 3.45. The molecule has 0 spiro atoms. The van der Waals surface area contributed by atoms with E-state index in [1.807, 2.05) is 36.4 Å². The van der Waals surface area contributed by atoms with Crippen molar-refractivity contribution in [3.63, 3.8) is 0 Å². The van der Waals surface area contributed by atoms with Crippen molar-refractivity contribution in [2.24, 2.45) is 0 Å². The molecule has 0 N–H and O–H groups in total. The molecule has 0 aromatic heterocycles. The van der Waals surface area contributed by atoms with Crippen LogP contribution in [0.15, 0.2) is 60.7 Å². The van der Waals surface area contributed by atoms with E-state index in [4.69, 9.17) is 0 Å². The summed E-state index contributed by atoms with van der Waals surface area (Å²) >= 11 is 4.39. The van der Waals surface area contributed by atoms with Crippen LogP contribution in [0.2, 0.25) is 0 Å². The fourth-order valence-electron chi connectivity index (χ4n) is 1.42. The topological polar surface area (TPSA) is 3.24 Å². The molecule has 0 saturated heterocycles. The van der Waals surface area contributed by atoms with Crippen LogP contribution in [-0.4, -0.2) is 0 Å². The molecule has 2 aromatic rings. The normalized spacial score (nSPS) is 10.7. The van der Waals surface area contributed by atoms with E-state index in [1.165, 1.54) is 11.4 Å². The molecule has 0 aliphatic heterocycles. The molecule has 0 saturated carbocycles. The molecule has 0 heterocycles. The summed E-state index contributed by atoms with van der Waals surface area (Å²) in [4.78, 5) is 0. The van der Waals surface area contributed by atoms with E-state index in [1.54, 1.807) is 0 Å². The smallest absolute Gasteiger partial charge is 0.0452 e. The first kappa shape index (κ1) is 10.5. The standard InChI is InChI=1S/C12H12NPS/c15-14-13(11-7-3-1-4-8-11)12-9-5-2-6-10-12/h1-10,14-15H. The minimum absolute atomic E-state index is 0.432. The molecular formula is C12H12NPS. The lowest BCUT2D eigenvalue weighted by Gasteiger charge is -2.21. The van der Waals surface area contributed by atoms with Gasteiger partial charge in [0, 0.05) is 19.3 Å². The van der Waals surface area contributed by atoms with Crippen LogP contribution in [0, 0.1) is 0 Å². The minimum atomic E-state index is 0.432. The van der Waals surface area contributed by atoms with E-state index in [9.17, 15) is 0 Å². The van der Waals surface area contributed by atoms with Crippen molar-refractivity contribution in [3.05, 3.63) is 60.7 Å². The Bertz CT molecular complexity index is 365. The maximum atomic E-state index is 4.39. The largest absolute Gasteiger partial charge is 0.314 e. The van der Waals surface area contributed by atoms with Crippen molar-refractivity contribution in [1.82, 2.24) is 0 Å². The summed E-state index contributed by atoms with van der Waals surface area (Å²) in [7, 11) is 0.432. The molecule has 0 bridgehead atoms. The highest BCUT2D eigenvalue weighted by atomic mass is 32.7. The fraction of sp³-hybridized carbons (Fsp3) is 0. The van der Waals surface area contributed by atoms with E-state index < -0.39 is 0 Å². The quantitative estimate of drug-likeness (QED) is 0.612. The molecule has 3 heteroatoms. The summed E-state index contributed by atoms with van der Waals surface area (Å²) < 4.78 is 2.18. The zero-order valence-electron chi connectivity index (χ0n) is 8.17. The zero-order valence-corrected chi connectivity index (χ0v) is 10.1. The first-order valence-corrected chi connectivity index (χ1v) is 6.95. The Morgan fingerprint density at radius 1 is 0.733 bits per heavy atom. The summed E-state index contributed by atoms with van der Waals surface area (Å²) in [5.74, 6) is 0. The number of hydrogen-bond donors (Lipinski definition) is 1. The monoisotopic (exact) mass is 233 g/mol. The third-order valence-electron chi connectivity index (χ3n) is 2.13. The lowest BCUT2D eigenvalue weighted by Crippen LogP contribution is -2.01. The van der Waals surface area contributed by atoms with Crippen LogP contribution in [0.3, 0.4) is 0 Å². The summed E-state index contributed by atoms with van der Waals surface area (Å²) in [5.41, 5.74) is 2.36. The van der Waals surface area contributed by atoms with Gasteiger partial charge in [0.05, 0.1) is 0 Å². The highest BCUT2D eigenvalue weighted by Gasteiger charge is 2.05. The van der Waals surface area contributed by atoms with Crippen molar-refractivity contribution < 1.29 is 0 Å². The van der Waals surface area contributed by atoms with E-state index >= 15 is 0 Å². The Hall–Kier alpha value is -0.980. The van der Waals surface area contributed by atoms with Gasteiger partial charge in [0.25, 0.3) is 0 Å². The predicted octanol–water partition coefficient (Wildman–Crippen LogP) is 4.26. The molecule has 0 amide bonds. The highest BCUT2D eigenvalue weighted by molar-refractivity contribution is 8.38. The highest BCUT2D eigenvalue weighted by Crippen LogP contribution is 2.37. The molecule has 1 unspecified atom stereocenters. The van der Waals surface area contributed by atoms with E-state index in [0.717, 1.165) is 0 Å². The molecule has 0 aliphatic carbocycles. The van der Waals surface area contributed by atoms with Crippen molar-refractivity contribution in [2.45, 2.75) is 0 Å². The Kier molecular flexibility index (Phi) is 3.65. The lowest BCUT2D eigenvalue weighted by molar-refractivity contribution is 1.43. The molecule has 15 heavy (non-hydrogen) atoms. The average molecular weight is 233 g/mol. The fourth-order valence-corrected chi connectivity index (χ4v) is 2.64. The van der Waals surface area contributed by atoms with Crippen LogP contribution in [0.4, 0.5) is 11.4 Å². The van der Waals surface area contributed by atoms with E-state index in [2.05, 4.69) is 41.2 Å².